The Hall–Kier alpha value is -1.15. The lowest BCUT2D eigenvalue weighted by Gasteiger charge is -2.13. The van der Waals surface area contributed by atoms with Gasteiger partial charge in [0, 0.05) is 0 Å². The summed E-state index contributed by atoms with van der Waals surface area (Å²) in [6.07, 6.45) is 3.01. The summed E-state index contributed by atoms with van der Waals surface area (Å²) < 4.78 is 12.6. The lowest BCUT2D eigenvalue weighted by molar-refractivity contribution is 0.227. The van der Waals surface area contributed by atoms with Crippen molar-refractivity contribution in [3.8, 4) is 0 Å². The fourth-order valence-electron chi connectivity index (χ4n) is 1.15. The van der Waals surface area contributed by atoms with E-state index >= 15 is 0 Å². The van der Waals surface area contributed by atoms with Crippen molar-refractivity contribution in [3.63, 3.8) is 0 Å². The summed E-state index contributed by atoms with van der Waals surface area (Å²) in [5.41, 5.74) is 0.748. The third-order valence-corrected chi connectivity index (χ3v) is 1.99. The van der Waals surface area contributed by atoms with Gasteiger partial charge in [-0.3, -0.25) is 0 Å². The zero-order valence-corrected chi connectivity index (χ0v) is 9.37. The first-order chi connectivity index (χ1) is 6.88. The van der Waals surface area contributed by atoms with Crippen LogP contribution in [0.4, 0.5) is 4.39 Å². The lowest BCUT2D eigenvalue weighted by Crippen LogP contribution is -2.01. The molecule has 0 spiro atoms. The molecule has 1 aromatic carbocycles. The van der Waals surface area contributed by atoms with Gasteiger partial charge < -0.3 is 5.11 Å². The van der Waals surface area contributed by atoms with Gasteiger partial charge in [-0.2, -0.15) is 0 Å². The van der Waals surface area contributed by atoms with Crippen molar-refractivity contribution < 1.29 is 9.50 Å². The van der Waals surface area contributed by atoms with Gasteiger partial charge in [-0.05, 0) is 23.1 Å². The number of halogens is 1. The Morgan fingerprint density at radius 2 is 1.73 bits per heavy atom. The Labute approximate surface area is 90.3 Å². The molecule has 0 amide bonds. The molecule has 1 aromatic rings. The molecule has 1 nitrogen and oxygen atoms in total. The monoisotopic (exact) mass is 208 g/mol. The van der Waals surface area contributed by atoms with Crippen LogP contribution < -0.4 is 0 Å². The van der Waals surface area contributed by atoms with Crippen LogP contribution in [0.1, 0.15) is 32.4 Å². The summed E-state index contributed by atoms with van der Waals surface area (Å²) in [6, 6.07) is 5.88. The molecule has 0 aliphatic heterocycles. The van der Waals surface area contributed by atoms with Gasteiger partial charge in [0.15, 0.2) is 0 Å². The normalized spacial score (nSPS) is 14.5. The molecule has 0 saturated carbocycles. The number of rotatable bonds is 2. The van der Waals surface area contributed by atoms with Crippen molar-refractivity contribution in [1.29, 1.82) is 0 Å². The highest BCUT2D eigenvalue weighted by Gasteiger charge is 2.07. The zero-order chi connectivity index (χ0) is 11.5. The van der Waals surface area contributed by atoms with E-state index in [4.69, 9.17) is 0 Å². The molecule has 1 rings (SSSR count). The minimum Gasteiger partial charge on any atom is -0.384 e. The first-order valence-electron chi connectivity index (χ1n) is 5.01. The molecule has 0 fully saturated rings. The molecular formula is C13H17FO. The number of allylic oxidation sites excluding steroid dienone is 1. The summed E-state index contributed by atoms with van der Waals surface area (Å²) in [6.45, 7) is 6.17. The predicted octanol–water partition coefficient (Wildman–Crippen LogP) is 3.46. The van der Waals surface area contributed by atoms with Gasteiger partial charge in [0.1, 0.15) is 5.82 Å². The topological polar surface area (TPSA) is 20.2 Å². The summed E-state index contributed by atoms with van der Waals surface area (Å²) in [5.74, 6) is -0.286. The van der Waals surface area contributed by atoms with E-state index in [0.717, 1.165) is 0 Å². The maximum atomic E-state index is 12.6. The third kappa shape index (κ3) is 4.26. The first kappa shape index (κ1) is 11.9. The number of benzene rings is 1. The highest BCUT2D eigenvalue weighted by Crippen LogP contribution is 2.20. The van der Waals surface area contributed by atoms with Crippen LogP contribution in [0.15, 0.2) is 36.4 Å². The molecule has 15 heavy (non-hydrogen) atoms. The van der Waals surface area contributed by atoms with Gasteiger partial charge in [0.05, 0.1) is 6.10 Å². The van der Waals surface area contributed by atoms with Gasteiger partial charge >= 0.3 is 0 Å². The minimum atomic E-state index is -0.662. The number of aliphatic hydroxyl groups excluding tert-OH is 1. The van der Waals surface area contributed by atoms with Crippen molar-refractivity contribution in [3.05, 3.63) is 47.8 Å². The van der Waals surface area contributed by atoms with E-state index in [1.54, 1.807) is 18.2 Å². The average Bonchev–Trinajstić information content (AvgIpc) is 2.14. The molecule has 0 saturated heterocycles. The van der Waals surface area contributed by atoms with Gasteiger partial charge in [0.25, 0.3) is 0 Å². The molecule has 0 aliphatic rings. The number of hydrogen-bond acceptors (Lipinski definition) is 1. The molecule has 0 bridgehead atoms. The quantitative estimate of drug-likeness (QED) is 0.738. The zero-order valence-electron chi connectivity index (χ0n) is 9.37. The van der Waals surface area contributed by atoms with Crippen molar-refractivity contribution in [2.45, 2.75) is 26.9 Å². The fraction of sp³-hybridized carbons (Fsp3) is 0.385. The van der Waals surface area contributed by atoms with Crippen LogP contribution in [0, 0.1) is 11.2 Å². The van der Waals surface area contributed by atoms with Crippen LogP contribution in [-0.2, 0) is 0 Å². The fourth-order valence-corrected chi connectivity index (χ4v) is 1.15. The van der Waals surface area contributed by atoms with Crippen LogP contribution in [0.3, 0.4) is 0 Å². The molecule has 0 radical (unpaired) electrons. The molecule has 82 valence electrons. The Bertz CT molecular complexity index is 333. The Morgan fingerprint density at radius 3 is 2.20 bits per heavy atom. The van der Waals surface area contributed by atoms with Gasteiger partial charge in [-0.25, -0.2) is 4.39 Å². The number of aliphatic hydroxyl groups is 1. The summed E-state index contributed by atoms with van der Waals surface area (Å²) in [4.78, 5) is 0. The largest absolute Gasteiger partial charge is 0.384 e. The number of hydrogen-bond donors (Lipinski definition) is 1. The highest BCUT2D eigenvalue weighted by atomic mass is 19.1. The van der Waals surface area contributed by atoms with Crippen LogP contribution in [0.2, 0.25) is 0 Å². The van der Waals surface area contributed by atoms with Crippen molar-refractivity contribution in [2.75, 3.05) is 0 Å². The van der Waals surface area contributed by atoms with Gasteiger partial charge in [0.2, 0.25) is 0 Å². The molecule has 0 aromatic heterocycles. The van der Waals surface area contributed by atoms with Crippen LogP contribution >= 0.6 is 0 Å². The second-order valence-electron chi connectivity index (χ2n) is 4.72. The van der Waals surface area contributed by atoms with E-state index in [0.29, 0.717) is 5.56 Å². The predicted molar refractivity (Wildman–Crippen MR) is 60.0 cm³/mol. The molecule has 0 heterocycles. The summed E-state index contributed by atoms with van der Waals surface area (Å²) in [7, 11) is 0. The van der Waals surface area contributed by atoms with Crippen LogP contribution in [0.5, 0.6) is 0 Å². The Balaban J connectivity index is 2.73. The maximum Gasteiger partial charge on any atom is 0.123 e. The summed E-state index contributed by atoms with van der Waals surface area (Å²) in [5, 5.41) is 9.77. The van der Waals surface area contributed by atoms with Crippen LogP contribution in [0.25, 0.3) is 0 Å². The lowest BCUT2D eigenvalue weighted by atomic mass is 9.95. The van der Waals surface area contributed by atoms with E-state index in [2.05, 4.69) is 20.8 Å². The smallest absolute Gasteiger partial charge is 0.123 e. The van der Waals surface area contributed by atoms with Crippen molar-refractivity contribution >= 4 is 0 Å². The molecule has 0 aliphatic carbocycles. The summed E-state index contributed by atoms with van der Waals surface area (Å²) >= 11 is 0. The molecule has 1 N–H and O–H groups in total. The minimum absolute atomic E-state index is 0.0427. The average molecular weight is 208 g/mol. The first-order valence-corrected chi connectivity index (χ1v) is 5.01. The molecular weight excluding hydrogens is 191 g/mol. The van der Waals surface area contributed by atoms with Gasteiger partial charge in [-0.15, -0.1) is 0 Å². The van der Waals surface area contributed by atoms with Crippen LogP contribution in [-0.4, -0.2) is 5.11 Å². The van der Waals surface area contributed by atoms with E-state index in [-0.39, 0.29) is 11.2 Å². The third-order valence-electron chi connectivity index (χ3n) is 1.99. The Morgan fingerprint density at radius 1 is 1.20 bits per heavy atom. The SMILES string of the molecule is CC(C)(C)/C=C/C(O)c1ccc(F)cc1. The molecule has 2 heteroatoms. The van der Waals surface area contributed by atoms with Crippen molar-refractivity contribution in [2.24, 2.45) is 5.41 Å². The second-order valence-corrected chi connectivity index (χ2v) is 4.72. The van der Waals surface area contributed by atoms with Crippen molar-refractivity contribution in [1.82, 2.24) is 0 Å². The maximum absolute atomic E-state index is 12.6. The Kier molecular flexibility index (Phi) is 3.64. The van der Waals surface area contributed by atoms with E-state index < -0.39 is 6.10 Å². The second kappa shape index (κ2) is 4.58. The van der Waals surface area contributed by atoms with Gasteiger partial charge in [-0.1, -0.05) is 45.1 Å². The standard InChI is InChI=1S/C13H17FO/c1-13(2,3)9-8-12(15)10-4-6-11(14)7-5-10/h4-9,12,15H,1-3H3/b9-8+. The van der Waals surface area contributed by atoms with E-state index in [1.807, 2.05) is 6.08 Å². The van der Waals surface area contributed by atoms with E-state index in [1.165, 1.54) is 12.1 Å². The molecule has 1 atom stereocenters. The molecule has 1 unspecified atom stereocenters. The van der Waals surface area contributed by atoms with E-state index in [9.17, 15) is 9.50 Å². The highest BCUT2D eigenvalue weighted by molar-refractivity contribution is 5.22.